The first kappa shape index (κ1) is 31.2. The summed E-state index contributed by atoms with van der Waals surface area (Å²) in [7, 11) is -4.67. The Hall–Kier alpha value is -3.06. The van der Waals surface area contributed by atoms with E-state index in [0.29, 0.717) is 6.42 Å². The van der Waals surface area contributed by atoms with Crippen molar-refractivity contribution in [1.82, 2.24) is 9.97 Å². The van der Waals surface area contributed by atoms with Crippen LogP contribution >= 0.6 is 15.9 Å². The zero-order valence-electron chi connectivity index (χ0n) is 20.9. The molecule has 0 aliphatic carbocycles. The van der Waals surface area contributed by atoms with Crippen molar-refractivity contribution in [3.63, 3.8) is 0 Å². The van der Waals surface area contributed by atoms with Crippen LogP contribution in [0.15, 0.2) is 59.4 Å². The summed E-state index contributed by atoms with van der Waals surface area (Å²) in [5.74, 6) is 0.118. The first-order valence-electron chi connectivity index (χ1n) is 12.1. The average molecular weight is 610 g/mol. The monoisotopic (exact) mass is 608 g/mol. The smallest absolute Gasteiger partial charge is 0.369 e. The normalized spacial score (nSPS) is 10.9. The number of hydrogen-bond donors (Lipinski definition) is 5. The Morgan fingerprint density at radius 3 is 2.00 bits per heavy atom. The van der Waals surface area contributed by atoms with E-state index >= 15 is 0 Å². The van der Waals surface area contributed by atoms with Crippen LogP contribution in [0, 0.1) is 0 Å². The van der Waals surface area contributed by atoms with Gasteiger partial charge in [0, 0.05) is 11.3 Å². The highest BCUT2D eigenvalue weighted by Gasteiger charge is 2.11. The molecule has 0 spiro atoms. The van der Waals surface area contributed by atoms with E-state index in [1.807, 2.05) is 30.3 Å². The topological polar surface area (TPSA) is 175 Å². The number of anilines is 2. The van der Waals surface area contributed by atoms with Gasteiger partial charge in [0.25, 0.3) is 5.56 Å². The Bertz CT molecular complexity index is 1310. The van der Waals surface area contributed by atoms with E-state index in [9.17, 15) is 9.59 Å². The van der Waals surface area contributed by atoms with Gasteiger partial charge < -0.3 is 11.1 Å². The molecule has 38 heavy (non-hydrogen) atoms. The summed E-state index contributed by atoms with van der Waals surface area (Å²) in [5, 5.41) is 3.10. The number of amides is 1. The molecule has 2 aromatic carbocycles. The molecule has 1 amide bonds. The van der Waals surface area contributed by atoms with Crippen molar-refractivity contribution < 1.29 is 22.3 Å². The van der Waals surface area contributed by atoms with E-state index in [2.05, 4.69) is 55.5 Å². The lowest BCUT2D eigenvalue weighted by atomic mass is 10.0. The second-order valence-electron chi connectivity index (χ2n) is 8.60. The van der Waals surface area contributed by atoms with E-state index in [0.717, 1.165) is 61.9 Å². The zero-order valence-corrected chi connectivity index (χ0v) is 23.3. The number of H-pyrrole nitrogens is 1. The third kappa shape index (κ3) is 13.0. The molecule has 10 nitrogen and oxygen atoms in total. The molecular weight excluding hydrogens is 576 g/mol. The van der Waals surface area contributed by atoms with Gasteiger partial charge in [0.05, 0.1) is 11.0 Å². The molecule has 0 atom stereocenters. The molecule has 0 saturated carbocycles. The lowest BCUT2D eigenvalue weighted by Crippen LogP contribution is -2.20. The van der Waals surface area contributed by atoms with Crippen LogP contribution < -0.4 is 16.6 Å². The molecule has 3 aromatic rings. The summed E-state index contributed by atoms with van der Waals surface area (Å²) in [6.45, 7) is 0. The minimum atomic E-state index is -4.67. The number of nitrogens with two attached hydrogens (primary N) is 1. The molecule has 1 heterocycles. The molecule has 0 fully saturated rings. The van der Waals surface area contributed by atoms with Gasteiger partial charge in [-0.05, 0) is 74.6 Å². The number of benzene rings is 2. The quantitative estimate of drug-likeness (QED) is 0.116. The third-order valence-corrected chi connectivity index (χ3v) is 6.10. The van der Waals surface area contributed by atoms with Crippen molar-refractivity contribution >= 4 is 43.9 Å². The standard InChI is InChI=1S/C26H31BrN4O2.H2O4S/c27-18-24(32)29-21-16-14-20(15-17-21)11-5-7-13-23-22(25(33)31-26(28)30-23)12-6-4-10-19-8-2-1-3-9-19;1-5(2,3)4/h1-3,8-9,14-17H,4-7,10-13,18H2,(H,29,32)(H3,28,30,31,33);(H2,1,2,3,4). The van der Waals surface area contributed by atoms with Gasteiger partial charge in [-0.1, -0.05) is 58.4 Å². The molecule has 1 aromatic heterocycles. The molecule has 6 N–H and O–H groups in total. The highest BCUT2D eigenvalue weighted by molar-refractivity contribution is 9.09. The number of halogens is 1. The van der Waals surface area contributed by atoms with Crippen LogP contribution in [-0.4, -0.2) is 38.7 Å². The van der Waals surface area contributed by atoms with Crippen molar-refractivity contribution in [2.75, 3.05) is 16.4 Å². The fourth-order valence-corrected chi connectivity index (χ4v) is 4.01. The lowest BCUT2D eigenvalue weighted by molar-refractivity contribution is -0.113. The van der Waals surface area contributed by atoms with Crippen LogP contribution in [0.25, 0.3) is 0 Å². The predicted molar refractivity (Wildman–Crippen MR) is 152 cm³/mol. The fourth-order valence-electron chi connectivity index (χ4n) is 3.87. The summed E-state index contributed by atoms with van der Waals surface area (Å²) < 4.78 is 31.6. The Kier molecular flexibility index (Phi) is 13.1. The number of alkyl halides is 1. The van der Waals surface area contributed by atoms with Crippen LogP contribution in [-0.2, 0) is 40.9 Å². The van der Waals surface area contributed by atoms with Crippen molar-refractivity contribution in [2.24, 2.45) is 0 Å². The van der Waals surface area contributed by atoms with Crippen LogP contribution in [0.1, 0.15) is 48.1 Å². The number of nitrogens with one attached hydrogen (secondary N) is 2. The van der Waals surface area contributed by atoms with Crippen molar-refractivity contribution in [3.05, 3.63) is 87.3 Å². The largest absolute Gasteiger partial charge is 0.394 e. The molecule has 0 saturated heterocycles. The Morgan fingerprint density at radius 1 is 0.895 bits per heavy atom. The van der Waals surface area contributed by atoms with Crippen LogP contribution in [0.3, 0.4) is 0 Å². The second-order valence-corrected chi connectivity index (χ2v) is 10.1. The van der Waals surface area contributed by atoms with Gasteiger partial charge in [-0.15, -0.1) is 0 Å². The SMILES string of the molecule is Nc1nc(CCCCc2ccc(NC(=O)CBr)cc2)c(CCCCc2ccccc2)c(=O)[nH]1.O=S(=O)(O)O. The zero-order chi connectivity index (χ0) is 28.0. The van der Waals surface area contributed by atoms with Crippen LogP contribution in [0.5, 0.6) is 0 Å². The maximum atomic E-state index is 12.5. The Balaban J connectivity index is 0.000000926. The molecule has 206 valence electrons. The first-order chi connectivity index (χ1) is 18.0. The second kappa shape index (κ2) is 16.0. The van der Waals surface area contributed by atoms with Gasteiger partial charge in [-0.2, -0.15) is 8.42 Å². The maximum Gasteiger partial charge on any atom is 0.394 e. The van der Waals surface area contributed by atoms with Gasteiger partial charge in [0.1, 0.15) is 0 Å². The number of aromatic nitrogens is 2. The molecule has 0 aliphatic heterocycles. The minimum absolute atomic E-state index is 0.0664. The number of nitrogen functional groups attached to an aromatic ring is 1. The number of rotatable bonds is 12. The molecule has 0 unspecified atom stereocenters. The van der Waals surface area contributed by atoms with Gasteiger partial charge in [0.2, 0.25) is 11.9 Å². The fraction of sp³-hybridized carbons (Fsp3) is 0.346. The molecule has 12 heteroatoms. The highest BCUT2D eigenvalue weighted by atomic mass is 79.9. The van der Waals surface area contributed by atoms with Gasteiger partial charge in [-0.3, -0.25) is 23.7 Å². The van der Waals surface area contributed by atoms with Gasteiger partial charge in [0.15, 0.2) is 0 Å². The van der Waals surface area contributed by atoms with Gasteiger partial charge >= 0.3 is 10.4 Å². The lowest BCUT2D eigenvalue weighted by Gasteiger charge is -2.09. The maximum absolute atomic E-state index is 12.5. The van der Waals surface area contributed by atoms with E-state index in [4.69, 9.17) is 23.3 Å². The predicted octanol–water partition coefficient (Wildman–Crippen LogP) is 4.16. The van der Waals surface area contributed by atoms with Crippen molar-refractivity contribution in [3.8, 4) is 0 Å². The first-order valence-corrected chi connectivity index (χ1v) is 14.6. The Morgan fingerprint density at radius 2 is 1.42 bits per heavy atom. The molecular formula is C26H33BrN4O6S. The average Bonchev–Trinajstić information content (AvgIpc) is 2.86. The number of unbranched alkanes of at least 4 members (excludes halogenated alkanes) is 2. The van der Waals surface area contributed by atoms with E-state index in [-0.39, 0.29) is 22.7 Å². The number of carbonyl (C=O) groups excluding carboxylic acids is 1. The van der Waals surface area contributed by atoms with E-state index in [1.165, 1.54) is 11.1 Å². The molecule has 0 radical (unpaired) electrons. The molecule has 0 bridgehead atoms. The summed E-state index contributed by atoms with van der Waals surface area (Å²) in [5.41, 5.74) is 10.6. The number of aryl methyl sites for hydroxylation is 3. The van der Waals surface area contributed by atoms with E-state index < -0.39 is 10.4 Å². The van der Waals surface area contributed by atoms with Crippen LogP contribution in [0.4, 0.5) is 11.6 Å². The molecule has 0 aliphatic rings. The van der Waals surface area contributed by atoms with Crippen molar-refractivity contribution in [2.45, 2.75) is 51.4 Å². The number of carbonyl (C=O) groups is 1. The summed E-state index contributed by atoms with van der Waals surface area (Å²) in [6.07, 6.45) is 7.26. The highest BCUT2D eigenvalue weighted by Crippen LogP contribution is 2.15. The summed E-state index contributed by atoms with van der Waals surface area (Å²) in [6, 6.07) is 18.3. The Labute approximate surface area is 230 Å². The minimum Gasteiger partial charge on any atom is -0.369 e. The van der Waals surface area contributed by atoms with Crippen molar-refractivity contribution in [1.29, 1.82) is 0 Å². The third-order valence-electron chi connectivity index (χ3n) is 5.59. The summed E-state index contributed by atoms with van der Waals surface area (Å²) in [4.78, 5) is 31.0. The summed E-state index contributed by atoms with van der Waals surface area (Å²) >= 11 is 3.14. The molecule has 3 rings (SSSR count). The van der Waals surface area contributed by atoms with E-state index in [1.54, 1.807) is 0 Å². The van der Waals surface area contributed by atoms with Gasteiger partial charge in [-0.25, -0.2) is 4.98 Å². The number of hydrogen-bond acceptors (Lipinski definition) is 6. The van der Waals surface area contributed by atoms with Crippen LogP contribution in [0.2, 0.25) is 0 Å². The number of aromatic amines is 1. The number of nitrogens with zero attached hydrogens (tertiary/aromatic N) is 1.